The summed E-state index contributed by atoms with van der Waals surface area (Å²) < 4.78 is 5.65. The molecule has 22 heavy (non-hydrogen) atoms. The third kappa shape index (κ3) is 2.86. The van der Waals surface area contributed by atoms with Crippen LogP contribution < -0.4 is 5.32 Å². The number of nitrogens with zero attached hydrogens (tertiary/aromatic N) is 2. The third-order valence-corrected chi connectivity index (χ3v) is 5.39. The minimum atomic E-state index is -0.625. The largest absolute Gasteiger partial charge is 0.376 e. The lowest BCUT2D eigenvalue weighted by Crippen LogP contribution is -2.51. The van der Waals surface area contributed by atoms with Gasteiger partial charge in [0.25, 0.3) is 5.91 Å². The van der Waals surface area contributed by atoms with Crippen LogP contribution in [0.3, 0.4) is 0 Å². The zero-order chi connectivity index (χ0) is 15.7. The Balaban J connectivity index is 1.64. The maximum Gasteiger partial charge on any atom is 0.326 e. The van der Waals surface area contributed by atoms with Crippen molar-refractivity contribution >= 4 is 11.9 Å². The summed E-state index contributed by atoms with van der Waals surface area (Å²) in [5.74, 6) is 0.623. The molecule has 2 heterocycles. The van der Waals surface area contributed by atoms with E-state index in [9.17, 15) is 9.59 Å². The summed E-state index contributed by atoms with van der Waals surface area (Å²) in [6.45, 7) is 6.94. The second-order valence-electron chi connectivity index (χ2n) is 7.05. The quantitative estimate of drug-likeness (QED) is 0.804. The van der Waals surface area contributed by atoms with Gasteiger partial charge in [-0.1, -0.05) is 13.8 Å². The van der Waals surface area contributed by atoms with E-state index in [-0.39, 0.29) is 18.0 Å². The first-order valence-electron chi connectivity index (χ1n) is 8.52. The molecule has 0 radical (unpaired) electrons. The summed E-state index contributed by atoms with van der Waals surface area (Å²) in [5.41, 5.74) is -0.625. The summed E-state index contributed by atoms with van der Waals surface area (Å²) in [7, 11) is 0. The third-order valence-electron chi connectivity index (χ3n) is 5.39. The second-order valence-corrected chi connectivity index (χ2v) is 7.05. The van der Waals surface area contributed by atoms with E-state index in [1.54, 1.807) is 0 Å². The number of carbonyl (C=O) groups is 2. The second kappa shape index (κ2) is 6.16. The van der Waals surface area contributed by atoms with Crippen molar-refractivity contribution in [3.63, 3.8) is 0 Å². The van der Waals surface area contributed by atoms with Gasteiger partial charge in [-0.15, -0.1) is 0 Å². The number of carbonyl (C=O) groups excluding carboxylic acids is 2. The molecule has 6 nitrogen and oxygen atoms in total. The fourth-order valence-corrected chi connectivity index (χ4v) is 3.75. The van der Waals surface area contributed by atoms with E-state index in [1.165, 1.54) is 4.90 Å². The molecule has 0 aromatic heterocycles. The number of hydrogen-bond donors (Lipinski definition) is 1. The maximum absolute atomic E-state index is 12.8. The van der Waals surface area contributed by atoms with E-state index in [0.717, 1.165) is 45.2 Å². The molecule has 2 aliphatic heterocycles. The molecule has 3 amide bonds. The van der Waals surface area contributed by atoms with Gasteiger partial charge in [0.05, 0.1) is 19.4 Å². The number of amides is 3. The van der Waals surface area contributed by atoms with Gasteiger partial charge in [0, 0.05) is 13.1 Å². The van der Waals surface area contributed by atoms with Gasteiger partial charge in [-0.3, -0.25) is 9.69 Å². The van der Waals surface area contributed by atoms with Crippen molar-refractivity contribution in [2.24, 2.45) is 5.92 Å². The molecule has 3 rings (SSSR count). The minimum Gasteiger partial charge on any atom is -0.376 e. The highest BCUT2D eigenvalue weighted by molar-refractivity contribution is 6.07. The zero-order valence-electron chi connectivity index (χ0n) is 13.6. The average Bonchev–Trinajstić information content (AvgIpc) is 2.75. The summed E-state index contributed by atoms with van der Waals surface area (Å²) >= 11 is 0. The fourth-order valence-electron chi connectivity index (χ4n) is 3.75. The Labute approximate surface area is 132 Å². The summed E-state index contributed by atoms with van der Waals surface area (Å²) in [6, 6.07) is -0.223. The van der Waals surface area contributed by atoms with Crippen LogP contribution in [0, 0.1) is 5.92 Å². The van der Waals surface area contributed by atoms with E-state index in [2.05, 4.69) is 24.1 Å². The van der Waals surface area contributed by atoms with Gasteiger partial charge in [0.15, 0.2) is 0 Å². The highest BCUT2D eigenvalue weighted by Crippen LogP contribution is 2.36. The normalized spacial score (nSPS) is 36.9. The van der Waals surface area contributed by atoms with Crippen molar-refractivity contribution in [1.82, 2.24) is 15.1 Å². The maximum atomic E-state index is 12.8. The molecule has 0 bridgehead atoms. The lowest BCUT2D eigenvalue weighted by atomic mass is 9.77. The van der Waals surface area contributed by atoms with Crippen LogP contribution in [0.15, 0.2) is 0 Å². The van der Waals surface area contributed by atoms with Crippen LogP contribution in [0.2, 0.25) is 0 Å². The van der Waals surface area contributed by atoms with E-state index in [0.29, 0.717) is 19.2 Å². The highest BCUT2D eigenvalue weighted by atomic mass is 16.5. The molecular formula is C16H27N3O3. The molecule has 0 aromatic rings. The Morgan fingerprint density at radius 3 is 2.73 bits per heavy atom. The molecule has 3 aliphatic rings. The van der Waals surface area contributed by atoms with Crippen LogP contribution in [0.25, 0.3) is 0 Å². The van der Waals surface area contributed by atoms with Crippen molar-refractivity contribution < 1.29 is 14.3 Å². The number of ether oxygens (including phenoxy) is 1. The predicted molar refractivity (Wildman–Crippen MR) is 82.2 cm³/mol. The van der Waals surface area contributed by atoms with Gasteiger partial charge >= 0.3 is 6.03 Å². The smallest absolute Gasteiger partial charge is 0.326 e. The summed E-state index contributed by atoms with van der Waals surface area (Å²) in [6.07, 6.45) is 4.73. The summed E-state index contributed by atoms with van der Waals surface area (Å²) in [4.78, 5) is 28.7. The van der Waals surface area contributed by atoms with Gasteiger partial charge < -0.3 is 10.1 Å². The van der Waals surface area contributed by atoms with Crippen molar-refractivity contribution in [1.29, 1.82) is 0 Å². The SMILES string of the molecule is CC[C@H]1CN(CN2C(=O)NC3(CCC(C)CC3)C2=O)CCO1. The molecule has 1 saturated carbocycles. The Morgan fingerprint density at radius 1 is 1.32 bits per heavy atom. The topological polar surface area (TPSA) is 61.9 Å². The van der Waals surface area contributed by atoms with Crippen LogP contribution in [0.5, 0.6) is 0 Å². The molecule has 6 heteroatoms. The van der Waals surface area contributed by atoms with Crippen LogP contribution in [-0.4, -0.2) is 59.7 Å². The van der Waals surface area contributed by atoms with E-state index in [4.69, 9.17) is 4.74 Å². The standard InChI is InChI=1S/C16H27N3O3/c1-3-13-10-18(8-9-22-13)11-19-14(20)16(17-15(19)21)6-4-12(2)5-7-16/h12-13H,3-11H2,1-2H3,(H,17,21)/t12?,13-,16?/m0/s1. The zero-order valence-corrected chi connectivity index (χ0v) is 13.6. The average molecular weight is 309 g/mol. The Morgan fingerprint density at radius 2 is 2.05 bits per heavy atom. The van der Waals surface area contributed by atoms with Crippen LogP contribution in [0.1, 0.15) is 46.0 Å². The minimum absolute atomic E-state index is 0.0241. The highest BCUT2D eigenvalue weighted by Gasteiger charge is 2.52. The van der Waals surface area contributed by atoms with Gasteiger partial charge in [0.1, 0.15) is 5.54 Å². The molecule has 124 valence electrons. The number of imide groups is 1. The number of hydrogen-bond acceptors (Lipinski definition) is 4. The molecule has 1 spiro atoms. The molecule has 0 unspecified atom stereocenters. The molecule has 1 atom stereocenters. The van der Waals surface area contributed by atoms with Gasteiger partial charge in [0.2, 0.25) is 0 Å². The monoisotopic (exact) mass is 309 g/mol. The first-order valence-corrected chi connectivity index (χ1v) is 8.52. The van der Waals surface area contributed by atoms with Crippen molar-refractivity contribution in [3.8, 4) is 0 Å². The van der Waals surface area contributed by atoms with E-state index in [1.807, 2.05) is 0 Å². The lowest BCUT2D eigenvalue weighted by molar-refractivity contribution is -0.135. The molecule has 2 saturated heterocycles. The molecule has 1 N–H and O–H groups in total. The van der Waals surface area contributed by atoms with Crippen LogP contribution >= 0.6 is 0 Å². The van der Waals surface area contributed by atoms with E-state index < -0.39 is 5.54 Å². The fraction of sp³-hybridized carbons (Fsp3) is 0.875. The Bertz CT molecular complexity index is 446. The number of rotatable bonds is 3. The van der Waals surface area contributed by atoms with Crippen LogP contribution in [0.4, 0.5) is 4.79 Å². The molecule has 3 fully saturated rings. The first-order chi connectivity index (χ1) is 10.5. The molecule has 0 aromatic carbocycles. The summed E-state index contributed by atoms with van der Waals surface area (Å²) in [5, 5.41) is 2.98. The van der Waals surface area contributed by atoms with Gasteiger partial charge in [-0.05, 0) is 38.0 Å². The molecule has 1 aliphatic carbocycles. The Hall–Kier alpha value is -1.14. The molecular weight excluding hydrogens is 282 g/mol. The van der Waals surface area contributed by atoms with Crippen molar-refractivity contribution in [2.45, 2.75) is 57.6 Å². The number of morpholine rings is 1. The number of nitrogens with one attached hydrogen (secondary N) is 1. The Kier molecular flexibility index (Phi) is 4.41. The number of urea groups is 1. The predicted octanol–water partition coefficient (Wildman–Crippen LogP) is 1.56. The van der Waals surface area contributed by atoms with Crippen molar-refractivity contribution in [2.75, 3.05) is 26.4 Å². The van der Waals surface area contributed by atoms with Gasteiger partial charge in [-0.25, -0.2) is 9.69 Å². The lowest BCUT2D eigenvalue weighted by Gasteiger charge is -2.35. The first kappa shape index (κ1) is 15.7. The van der Waals surface area contributed by atoms with Gasteiger partial charge in [-0.2, -0.15) is 0 Å². The van der Waals surface area contributed by atoms with Crippen LogP contribution in [-0.2, 0) is 9.53 Å². The van der Waals surface area contributed by atoms with Crippen molar-refractivity contribution in [3.05, 3.63) is 0 Å². The van der Waals surface area contributed by atoms with E-state index >= 15 is 0 Å².